The smallest absolute Gasteiger partial charge is 0.131 e. The maximum Gasteiger partial charge on any atom is 0.131 e. The minimum absolute atomic E-state index is 0.00848. The number of aryl methyl sites for hydroxylation is 1. The van der Waals surface area contributed by atoms with Gasteiger partial charge in [-0.05, 0) is 32.4 Å². The number of anilines is 1. The van der Waals surface area contributed by atoms with Gasteiger partial charge in [0.15, 0.2) is 0 Å². The molecule has 1 heterocycles. The van der Waals surface area contributed by atoms with E-state index < -0.39 is 0 Å². The Morgan fingerprint density at radius 3 is 2.43 bits per heavy atom. The quantitative estimate of drug-likeness (QED) is 0.793. The summed E-state index contributed by atoms with van der Waals surface area (Å²) in [6.07, 6.45) is 0. The van der Waals surface area contributed by atoms with E-state index in [0.717, 1.165) is 30.2 Å². The lowest BCUT2D eigenvalue weighted by molar-refractivity contribution is 0.277. The van der Waals surface area contributed by atoms with Gasteiger partial charge < -0.3 is 10.0 Å². The first kappa shape index (κ1) is 11.0. The first-order valence-corrected chi connectivity index (χ1v) is 5.05. The van der Waals surface area contributed by atoms with Crippen LogP contribution in [0, 0.1) is 6.92 Å². The van der Waals surface area contributed by atoms with Crippen LogP contribution < -0.4 is 4.90 Å². The van der Waals surface area contributed by atoms with Gasteiger partial charge in [-0.25, -0.2) is 4.98 Å². The van der Waals surface area contributed by atoms with Gasteiger partial charge in [0.25, 0.3) is 0 Å². The van der Waals surface area contributed by atoms with E-state index in [0.29, 0.717) is 0 Å². The van der Waals surface area contributed by atoms with Gasteiger partial charge >= 0.3 is 0 Å². The summed E-state index contributed by atoms with van der Waals surface area (Å²) in [6.45, 7) is 8.15. The van der Waals surface area contributed by atoms with E-state index >= 15 is 0 Å². The molecule has 3 nitrogen and oxygen atoms in total. The lowest BCUT2D eigenvalue weighted by Crippen LogP contribution is -2.24. The molecule has 0 aliphatic heterocycles. The first-order valence-electron chi connectivity index (χ1n) is 5.05. The molecule has 0 aromatic carbocycles. The lowest BCUT2D eigenvalue weighted by atomic mass is 10.2. The van der Waals surface area contributed by atoms with Gasteiger partial charge in [0.1, 0.15) is 5.82 Å². The molecule has 0 saturated carbocycles. The molecule has 1 rings (SSSR count). The van der Waals surface area contributed by atoms with Crippen LogP contribution in [0.15, 0.2) is 12.1 Å². The number of rotatable bonds is 4. The summed E-state index contributed by atoms with van der Waals surface area (Å²) in [4.78, 5) is 6.60. The highest BCUT2D eigenvalue weighted by molar-refractivity contribution is 5.46. The van der Waals surface area contributed by atoms with E-state index in [1.165, 1.54) is 0 Å². The topological polar surface area (TPSA) is 36.4 Å². The summed E-state index contributed by atoms with van der Waals surface area (Å²) in [5.41, 5.74) is 1.89. The van der Waals surface area contributed by atoms with Crippen LogP contribution in [0.1, 0.15) is 25.1 Å². The highest BCUT2D eigenvalue weighted by atomic mass is 16.3. The van der Waals surface area contributed by atoms with E-state index in [1.54, 1.807) is 0 Å². The van der Waals surface area contributed by atoms with Crippen LogP contribution in [-0.4, -0.2) is 23.2 Å². The molecule has 0 aliphatic carbocycles. The van der Waals surface area contributed by atoms with Crippen molar-refractivity contribution in [3.63, 3.8) is 0 Å². The van der Waals surface area contributed by atoms with Crippen molar-refractivity contribution < 1.29 is 5.11 Å². The standard InChI is InChI=1S/C11H18N2O/c1-4-13(5-2)11-9(3)6-7-10(8-14)12-11/h6-7,14H,4-5,8H2,1-3H3. The number of aromatic nitrogens is 1. The molecule has 0 atom stereocenters. The van der Waals surface area contributed by atoms with E-state index in [-0.39, 0.29) is 6.61 Å². The predicted octanol–water partition coefficient (Wildman–Crippen LogP) is 1.73. The zero-order valence-corrected chi connectivity index (χ0v) is 9.12. The number of aliphatic hydroxyl groups is 1. The van der Waals surface area contributed by atoms with Crippen molar-refractivity contribution in [1.82, 2.24) is 4.98 Å². The SMILES string of the molecule is CCN(CC)c1nc(CO)ccc1C. The van der Waals surface area contributed by atoms with Crippen molar-refractivity contribution in [1.29, 1.82) is 0 Å². The van der Waals surface area contributed by atoms with Crippen molar-refractivity contribution in [2.75, 3.05) is 18.0 Å². The fourth-order valence-corrected chi connectivity index (χ4v) is 1.49. The first-order chi connectivity index (χ1) is 6.72. The average Bonchev–Trinajstić information content (AvgIpc) is 2.22. The average molecular weight is 194 g/mol. The Hall–Kier alpha value is -1.09. The van der Waals surface area contributed by atoms with E-state index in [1.807, 2.05) is 19.1 Å². The predicted molar refractivity (Wildman–Crippen MR) is 58.5 cm³/mol. The van der Waals surface area contributed by atoms with Gasteiger partial charge in [0, 0.05) is 13.1 Å². The molecule has 0 spiro atoms. The fourth-order valence-electron chi connectivity index (χ4n) is 1.49. The molecular weight excluding hydrogens is 176 g/mol. The summed E-state index contributed by atoms with van der Waals surface area (Å²) in [5.74, 6) is 0.988. The van der Waals surface area contributed by atoms with Crippen LogP contribution in [-0.2, 0) is 6.61 Å². The fraction of sp³-hybridized carbons (Fsp3) is 0.545. The minimum Gasteiger partial charge on any atom is -0.390 e. The maximum atomic E-state index is 9.00. The molecule has 14 heavy (non-hydrogen) atoms. The Bertz CT molecular complexity index is 295. The molecule has 1 N–H and O–H groups in total. The summed E-state index contributed by atoms with van der Waals surface area (Å²) < 4.78 is 0. The van der Waals surface area contributed by atoms with E-state index in [4.69, 9.17) is 5.11 Å². The molecule has 0 aliphatic rings. The van der Waals surface area contributed by atoms with Gasteiger partial charge in [-0.2, -0.15) is 0 Å². The van der Waals surface area contributed by atoms with Crippen molar-refractivity contribution in [2.45, 2.75) is 27.4 Å². The monoisotopic (exact) mass is 194 g/mol. The number of pyridine rings is 1. The van der Waals surface area contributed by atoms with Gasteiger partial charge in [-0.1, -0.05) is 6.07 Å². The summed E-state index contributed by atoms with van der Waals surface area (Å²) in [5, 5.41) is 9.00. The molecule has 3 heteroatoms. The zero-order valence-electron chi connectivity index (χ0n) is 9.12. The molecule has 1 aromatic heterocycles. The second-order valence-electron chi connectivity index (χ2n) is 3.27. The highest BCUT2D eigenvalue weighted by Crippen LogP contribution is 2.17. The van der Waals surface area contributed by atoms with Crippen LogP contribution in [0.5, 0.6) is 0 Å². The van der Waals surface area contributed by atoms with Crippen molar-refractivity contribution in [2.24, 2.45) is 0 Å². The second-order valence-corrected chi connectivity index (χ2v) is 3.27. The lowest BCUT2D eigenvalue weighted by Gasteiger charge is -2.22. The van der Waals surface area contributed by atoms with Crippen LogP contribution in [0.25, 0.3) is 0 Å². The third kappa shape index (κ3) is 2.23. The molecule has 78 valence electrons. The Balaban J connectivity index is 3.04. The third-order valence-corrected chi connectivity index (χ3v) is 2.35. The number of aliphatic hydroxyl groups excluding tert-OH is 1. The molecule has 0 unspecified atom stereocenters. The van der Waals surface area contributed by atoms with Gasteiger partial charge in [-0.3, -0.25) is 0 Å². The Kier molecular flexibility index (Phi) is 3.89. The summed E-state index contributed by atoms with van der Waals surface area (Å²) in [7, 11) is 0. The largest absolute Gasteiger partial charge is 0.390 e. The molecule has 0 amide bonds. The van der Waals surface area contributed by atoms with Crippen LogP contribution >= 0.6 is 0 Å². The Morgan fingerprint density at radius 1 is 1.29 bits per heavy atom. The zero-order chi connectivity index (χ0) is 10.6. The van der Waals surface area contributed by atoms with Crippen molar-refractivity contribution >= 4 is 5.82 Å². The van der Waals surface area contributed by atoms with Gasteiger partial charge in [0.05, 0.1) is 12.3 Å². The van der Waals surface area contributed by atoms with Crippen LogP contribution in [0.2, 0.25) is 0 Å². The molecule has 0 fully saturated rings. The minimum atomic E-state index is 0.00848. The van der Waals surface area contributed by atoms with E-state index in [9.17, 15) is 0 Å². The molecule has 0 bridgehead atoms. The van der Waals surface area contributed by atoms with Crippen molar-refractivity contribution in [3.8, 4) is 0 Å². The molecule has 1 aromatic rings. The molecular formula is C11H18N2O. The van der Waals surface area contributed by atoms with Gasteiger partial charge in [0.2, 0.25) is 0 Å². The van der Waals surface area contributed by atoms with E-state index in [2.05, 4.69) is 23.7 Å². The van der Waals surface area contributed by atoms with Crippen LogP contribution in [0.3, 0.4) is 0 Å². The third-order valence-electron chi connectivity index (χ3n) is 2.35. The normalized spacial score (nSPS) is 10.3. The van der Waals surface area contributed by atoms with Gasteiger partial charge in [-0.15, -0.1) is 0 Å². The van der Waals surface area contributed by atoms with Crippen molar-refractivity contribution in [3.05, 3.63) is 23.4 Å². The number of nitrogens with zero attached hydrogens (tertiary/aromatic N) is 2. The number of hydrogen-bond donors (Lipinski definition) is 1. The second kappa shape index (κ2) is 4.96. The Labute approximate surface area is 85.4 Å². The summed E-state index contributed by atoms with van der Waals surface area (Å²) >= 11 is 0. The molecule has 0 saturated heterocycles. The number of hydrogen-bond acceptors (Lipinski definition) is 3. The molecule has 0 radical (unpaired) electrons. The Morgan fingerprint density at radius 2 is 1.93 bits per heavy atom. The summed E-state index contributed by atoms with van der Waals surface area (Å²) in [6, 6.07) is 3.87. The maximum absolute atomic E-state index is 9.00. The highest BCUT2D eigenvalue weighted by Gasteiger charge is 2.07. The van der Waals surface area contributed by atoms with Crippen LogP contribution in [0.4, 0.5) is 5.82 Å².